The predicted molar refractivity (Wildman–Crippen MR) is 47.0 cm³/mol. The maximum absolute atomic E-state index is 8.33. The molecule has 13 heavy (non-hydrogen) atoms. The van der Waals surface area contributed by atoms with E-state index in [2.05, 4.69) is 10.5 Å². The number of hydrogen-bond donors (Lipinski definition) is 1. The van der Waals surface area contributed by atoms with Crippen LogP contribution in [0.4, 0.5) is 0 Å². The molecule has 1 aromatic rings. The Morgan fingerprint density at radius 2 is 2.31 bits per heavy atom. The summed E-state index contributed by atoms with van der Waals surface area (Å²) in [4.78, 5) is 8.73. The first-order valence-electron chi connectivity index (χ1n) is 3.86. The summed E-state index contributed by atoms with van der Waals surface area (Å²) in [5, 5.41) is 8.33. The lowest BCUT2D eigenvalue weighted by atomic mass is 10.1. The van der Waals surface area contributed by atoms with Crippen molar-refractivity contribution >= 4 is 5.84 Å². The zero-order valence-electron chi connectivity index (χ0n) is 6.82. The molecule has 0 unspecified atom stereocenters. The molecule has 2 rings (SSSR count). The molecular weight excluding hydrogens is 166 g/mol. The third-order valence-corrected chi connectivity index (χ3v) is 1.79. The second kappa shape index (κ2) is 3.15. The van der Waals surface area contributed by atoms with Crippen molar-refractivity contribution in [1.82, 2.24) is 5.48 Å². The standard InChI is InChI=1S/C9H7N3O/c10-6-11-9-5-7-3-1-2-4-8(7)13-12-9/h1-4H,5H2,(H,11,12). The largest absolute Gasteiger partial charge is 0.381 e. The van der Waals surface area contributed by atoms with E-state index in [9.17, 15) is 0 Å². The van der Waals surface area contributed by atoms with Gasteiger partial charge < -0.3 is 4.84 Å². The monoisotopic (exact) mass is 173 g/mol. The number of fused-ring (bicyclic) bond motifs is 1. The Morgan fingerprint density at radius 1 is 1.46 bits per heavy atom. The Kier molecular flexibility index (Phi) is 1.85. The molecule has 64 valence electrons. The van der Waals surface area contributed by atoms with Gasteiger partial charge >= 0.3 is 0 Å². The van der Waals surface area contributed by atoms with Gasteiger partial charge in [-0.15, -0.1) is 0 Å². The van der Waals surface area contributed by atoms with Gasteiger partial charge in [-0.25, -0.2) is 5.48 Å². The molecule has 1 aromatic carbocycles. The van der Waals surface area contributed by atoms with Crippen LogP contribution < -0.4 is 10.3 Å². The quantitative estimate of drug-likeness (QED) is 0.595. The van der Waals surface area contributed by atoms with Gasteiger partial charge in [0.1, 0.15) is 0 Å². The third-order valence-electron chi connectivity index (χ3n) is 1.79. The summed E-state index contributed by atoms with van der Waals surface area (Å²) in [6.07, 6.45) is 2.33. The van der Waals surface area contributed by atoms with Gasteiger partial charge in [0, 0.05) is 12.0 Å². The fraction of sp³-hybridized carbons (Fsp3) is 0.111. The number of aliphatic imine (C=N–C) groups is 1. The van der Waals surface area contributed by atoms with Crippen LogP contribution in [0.2, 0.25) is 0 Å². The zero-order valence-corrected chi connectivity index (χ0v) is 6.82. The first kappa shape index (κ1) is 7.62. The highest BCUT2D eigenvalue weighted by Gasteiger charge is 2.13. The number of para-hydroxylation sites is 1. The van der Waals surface area contributed by atoms with Crippen LogP contribution in [0.1, 0.15) is 5.56 Å². The number of nitrogens with one attached hydrogen (secondary N) is 1. The fourth-order valence-corrected chi connectivity index (χ4v) is 1.20. The minimum atomic E-state index is 0.543. The molecule has 0 spiro atoms. The summed E-state index contributed by atoms with van der Waals surface area (Å²) in [7, 11) is 0. The van der Waals surface area contributed by atoms with Gasteiger partial charge in [0.15, 0.2) is 11.6 Å². The lowest BCUT2D eigenvalue weighted by molar-refractivity contribution is 0.249. The highest BCUT2D eigenvalue weighted by Crippen LogP contribution is 2.20. The number of benzene rings is 1. The van der Waals surface area contributed by atoms with Gasteiger partial charge in [-0.2, -0.15) is 10.3 Å². The Morgan fingerprint density at radius 3 is 3.15 bits per heavy atom. The van der Waals surface area contributed by atoms with Crippen molar-refractivity contribution in [2.24, 2.45) is 4.99 Å². The van der Waals surface area contributed by atoms with Crippen molar-refractivity contribution in [3.8, 4) is 11.9 Å². The summed E-state index contributed by atoms with van der Waals surface area (Å²) in [6.45, 7) is 0. The van der Waals surface area contributed by atoms with Gasteiger partial charge in [0.2, 0.25) is 6.19 Å². The molecule has 0 amide bonds. The molecule has 0 bridgehead atoms. The fourth-order valence-electron chi connectivity index (χ4n) is 1.20. The number of hydroxylamine groups is 1. The number of hydrogen-bond acceptors (Lipinski definition) is 3. The average molecular weight is 173 g/mol. The highest BCUT2D eigenvalue weighted by molar-refractivity contribution is 5.86. The summed E-state index contributed by atoms with van der Waals surface area (Å²) < 4.78 is 0. The van der Waals surface area contributed by atoms with Crippen LogP contribution in [-0.2, 0) is 6.42 Å². The van der Waals surface area contributed by atoms with E-state index in [0.717, 1.165) is 11.3 Å². The minimum absolute atomic E-state index is 0.543. The second-order valence-electron chi connectivity index (χ2n) is 2.65. The van der Waals surface area contributed by atoms with Crippen molar-refractivity contribution < 1.29 is 4.84 Å². The first-order chi connectivity index (χ1) is 6.40. The number of rotatable bonds is 0. The van der Waals surface area contributed by atoms with Crippen molar-refractivity contribution in [2.45, 2.75) is 6.42 Å². The molecule has 4 heteroatoms. The summed E-state index contributed by atoms with van der Waals surface area (Å²) in [5.74, 6) is 1.33. The van der Waals surface area contributed by atoms with E-state index < -0.39 is 0 Å². The molecule has 1 heterocycles. The van der Waals surface area contributed by atoms with Crippen LogP contribution in [0.3, 0.4) is 0 Å². The van der Waals surface area contributed by atoms with Crippen molar-refractivity contribution in [2.75, 3.05) is 0 Å². The molecular formula is C9H7N3O. The van der Waals surface area contributed by atoms with Crippen LogP contribution in [0.25, 0.3) is 0 Å². The molecule has 0 saturated carbocycles. The lowest BCUT2D eigenvalue weighted by Gasteiger charge is -2.18. The smallest absolute Gasteiger partial charge is 0.207 e. The molecule has 1 aliphatic heterocycles. The molecule has 1 aliphatic rings. The third kappa shape index (κ3) is 1.44. The Labute approximate surface area is 75.4 Å². The van der Waals surface area contributed by atoms with E-state index in [0.29, 0.717) is 12.3 Å². The van der Waals surface area contributed by atoms with Crippen molar-refractivity contribution in [3.63, 3.8) is 0 Å². The Bertz CT molecular complexity index is 392. The summed E-state index contributed by atoms with van der Waals surface area (Å²) >= 11 is 0. The van der Waals surface area contributed by atoms with Gasteiger partial charge in [0.05, 0.1) is 0 Å². The van der Waals surface area contributed by atoms with Gasteiger partial charge in [-0.3, -0.25) is 0 Å². The molecule has 0 atom stereocenters. The van der Waals surface area contributed by atoms with E-state index in [1.54, 1.807) is 6.19 Å². The van der Waals surface area contributed by atoms with Gasteiger partial charge in [0.25, 0.3) is 0 Å². The second-order valence-corrected chi connectivity index (χ2v) is 2.65. The van der Waals surface area contributed by atoms with Crippen molar-refractivity contribution in [3.05, 3.63) is 29.8 Å². The topological polar surface area (TPSA) is 57.4 Å². The maximum Gasteiger partial charge on any atom is 0.207 e. The molecule has 1 N–H and O–H groups in total. The molecule has 0 saturated heterocycles. The van der Waals surface area contributed by atoms with E-state index >= 15 is 0 Å². The summed E-state index contributed by atoms with van der Waals surface area (Å²) in [6, 6.07) is 7.64. The molecule has 0 aromatic heterocycles. The predicted octanol–water partition coefficient (Wildman–Crippen LogP) is 1.01. The molecule has 0 aliphatic carbocycles. The van der Waals surface area contributed by atoms with Crippen LogP contribution >= 0.6 is 0 Å². The summed E-state index contributed by atoms with van der Waals surface area (Å²) in [5.41, 5.74) is 3.64. The highest BCUT2D eigenvalue weighted by atomic mass is 16.6. The van der Waals surface area contributed by atoms with Crippen LogP contribution in [0, 0.1) is 11.5 Å². The van der Waals surface area contributed by atoms with E-state index in [-0.39, 0.29) is 0 Å². The van der Waals surface area contributed by atoms with E-state index in [4.69, 9.17) is 10.1 Å². The number of nitriles is 1. The van der Waals surface area contributed by atoms with Gasteiger partial charge in [-0.1, -0.05) is 18.2 Å². The Balaban J connectivity index is 2.31. The molecule has 0 radical (unpaired) electrons. The van der Waals surface area contributed by atoms with Crippen molar-refractivity contribution in [1.29, 1.82) is 5.26 Å². The minimum Gasteiger partial charge on any atom is -0.381 e. The van der Waals surface area contributed by atoms with E-state index in [1.807, 2.05) is 24.3 Å². The molecule has 4 nitrogen and oxygen atoms in total. The number of amidine groups is 1. The lowest BCUT2D eigenvalue weighted by Crippen LogP contribution is -2.33. The van der Waals surface area contributed by atoms with Crippen LogP contribution in [0.5, 0.6) is 5.75 Å². The first-order valence-corrected chi connectivity index (χ1v) is 3.86. The van der Waals surface area contributed by atoms with Crippen LogP contribution in [-0.4, -0.2) is 5.84 Å². The SMILES string of the molecule is N#CN=C1Cc2ccccc2ON1. The van der Waals surface area contributed by atoms with Crippen LogP contribution in [0.15, 0.2) is 29.3 Å². The Hall–Kier alpha value is -2.02. The molecule has 0 fully saturated rings. The normalized spacial score (nSPS) is 16.7. The number of nitrogens with zero attached hydrogens (tertiary/aromatic N) is 2. The maximum atomic E-state index is 8.33. The zero-order chi connectivity index (χ0) is 9.10. The van der Waals surface area contributed by atoms with E-state index in [1.165, 1.54) is 0 Å². The average Bonchev–Trinajstić information content (AvgIpc) is 2.18. The van der Waals surface area contributed by atoms with Gasteiger partial charge in [-0.05, 0) is 6.07 Å².